The highest BCUT2D eigenvalue weighted by Gasteiger charge is 2.30. The van der Waals surface area contributed by atoms with Gasteiger partial charge in [-0.15, -0.1) is 0 Å². The van der Waals surface area contributed by atoms with Crippen LogP contribution in [0.1, 0.15) is 31.9 Å². The second-order valence-electron chi connectivity index (χ2n) is 5.48. The predicted octanol–water partition coefficient (Wildman–Crippen LogP) is 2.82. The minimum absolute atomic E-state index is 0.304. The fraction of sp³-hybridized carbons (Fsp3) is 0.643. The molecule has 0 aliphatic carbocycles. The van der Waals surface area contributed by atoms with E-state index in [0.717, 1.165) is 29.4 Å². The van der Waals surface area contributed by atoms with E-state index in [9.17, 15) is 0 Å². The van der Waals surface area contributed by atoms with E-state index < -0.39 is 0 Å². The van der Waals surface area contributed by atoms with E-state index in [4.69, 9.17) is 5.73 Å². The number of aromatic nitrogens is 1. The van der Waals surface area contributed by atoms with Crippen molar-refractivity contribution < 1.29 is 0 Å². The molecule has 4 heteroatoms. The van der Waals surface area contributed by atoms with Crippen LogP contribution in [0, 0.1) is 11.8 Å². The largest absolute Gasteiger partial charge is 0.329 e. The molecular formula is C14H22BrN3. The first-order valence-corrected chi connectivity index (χ1v) is 7.45. The number of nitrogens with two attached hydrogens (primary N) is 1. The summed E-state index contributed by atoms with van der Waals surface area (Å²) < 4.78 is 1.03. The molecule has 0 aromatic carbocycles. The third-order valence-corrected chi connectivity index (χ3v) is 4.41. The quantitative estimate of drug-likeness (QED) is 0.929. The molecule has 2 unspecified atom stereocenters. The summed E-state index contributed by atoms with van der Waals surface area (Å²) in [5.74, 6) is 1.56. The van der Waals surface area contributed by atoms with E-state index in [-0.39, 0.29) is 0 Å². The van der Waals surface area contributed by atoms with Crippen LogP contribution in [0.4, 0.5) is 0 Å². The number of pyridine rings is 1. The fourth-order valence-electron chi connectivity index (χ4n) is 2.75. The van der Waals surface area contributed by atoms with Crippen LogP contribution < -0.4 is 5.73 Å². The van der Waals surface area contributed by atoms with Crippen LogP contribution in [0.15, 0.2) is 22.9 Å². The molecule has 18 heavy (non-hydrogen) atoms. The number of halogens is 1. The third kappa shape index (κ3) is 3.11. The summed E-state index contributed by atoms with van der Waals surface area (Å²) in [6, 6.07) is 2.44. The van der Waals surface area contributed by atoms with Gasteiger partial charge in [0.2, 0.25) is 0 Å². The van der Waals surface area contributed by atoms with Gasteiger partial charge >= 0.3 is 0 Å². The molecule has 1 aromatic heterocycles. The lowest BCUT2D eigenvalue weighted by Gasteiger charge is -2.27. The molecule has 2 rings (SSSR count). The second kappa shape index (κ2) is 6.13. The molecule has 2 N–H and O–H groups in total. The van der Waals surface area contributed by atoms with E-state index in [1.54, 1.807) is 0 Å². The van der Waals surface area contributed by atoms with E-state index in [1.807, 2.05) is 12.4 Å². The Labute approximate surface area is 118 Å². The van der Waals surface area contributed by atoms with Gasteiger partial charge in [0, 0.05) is 36.0 Å². The Kier molecular flexibility index (Phi) is 4.76. The van der Waals surface area contributed by atoms with Crippen molar-refractivity contribution in [2.24, 2.45) is 17.6 Å². The van der Waals surface area contributed by atoms with Gasteiger partial charge in [0.15, 0.2) is 0 Å². The van der Waals surface area contributed by atoms with Gasteiger partial charge in [0.25, 0.3) is 0 Å². The molecule has 0 spiro atoms. The standard InChI is InChI=1S/C14H22BrN3/c1-10(2)11-3-4-18(9-11)14(6-16)12-5-13(15)8-17-7-12/h5,7-8,10-11,14H,3-4,6,9,16H2,1-2H3. The summed E-state index contributed by atoms with van der Waals surface area (Å²) in [5, 5.41) is 0. The minimum atomic E-state index is 0.304. The van der Waals surface area contributed by atoms with Gasteiger partial charge in [0.1, 0.15) is 0 Å². The van der Waals surface area contributed by atoms with Crippen LogP contribution in [0.5, 0.6) is 0 Å². The fourth-order valence-corrected chi connectivity index (χ4v) is 3.13. The second-order valence-corrected chi connectivity index (χ2v) is 6.39. The Hall–Kier alpha value is -0.450. The van der Waals surface area contributed by atoms with Crippen LogP contribution >= 0.6 is 15.9 Å². The first kappa shape index (κ1) is 14.0. The molecule has 0 saturated carbocycles. The van der Waals surface area contributed by atoms with E-state index in [2.05, 4.69) is 45.7 Å². The average molecular weight is 312 g/mol. The monoisotopic (exact) mass is 311 g/mol. The Balaban J connectivity index is 2.10. The molecule has 1 aliphatic heterocycles. The Morgan fingerprint density at radius 1 is 1.50 bits per heavy atom. The summed E-state index contributed by atoms with van der Waals surface area (Å²) in [5.41, 5.74) is 7.19. The van der Waals surface area contributed by atoms with Gasteiger partial charge in [-0.3, -0.25) is 9.88 Å². The van der Waals surface area contributed by atoms with Crippen molar-refractivity contribution in [3.63, 3.8) is 0 Å². The van der Waals surface area contributed by atoms with Crippen molar-refractivity contribution in [3.05, 3.63) is 28.5 Å². The van der Waals surface area contributed by atoms with Gasteiger partial charge in [-0.05, 0) is 52.4 Å². The smallest absolute Gasteiger partial charge is 0.0486 e. The van der Waals surface area contributed by atoms with Crippen LogP contribution in [0.2, 0.25) is 0 Å². The zero-order chi connectivity index (χ0) is 13.1. The normalized spacial score (nSPS) is 22.6. The summed E-state index contributed by atoms with van der Waals surface area (Å²) in [6.07, 6.45) is 5.04. The van der Waals surface area contributed by atoms with E-state index >= 15 is 0 Å². The summed E-state index contributed by atoms with van der Waals surface area (Å²) in [4.78, 5) is 6.76. The lowest BCUT2D eigenvalue weighted by Crippen LogP contribution is -2.32. The van der Waals surface area contributed by atoms with Crippen LogP contribution in [0.3, 0.4) is 0 Å². The molecular weight excluding hydrogens is 290 g/mol. The highest BCUT2D eigenvalue weighted by Crippen LogP contribution is 2.30. The Morgan fingerprint density at radius 2 is 2.28 bits per heavy atom. The number of nitrogens with zero attached hydrogens (tertiary/aromatic N) is 2. The molecule has 1 saturated heterocycles. The lowest BCUT2D eigenvalue weighted by molar-refractivity contribution is 0.231. The van der Waals surface area contributed by atoms with Gasteiger partial charge in [0.05, 0.1) is 0 Å². The van der Waals surface area contributed by atoms with Crippen molar-refractivity contribution in [2.45, 2.75) is 26.3 Å². The van der Waals surface area contributed by atoms with E-state index in [1.165, 1.54) is 12.0 Å². The maximum atomic E-state index is 5.97. The molecule has 1 aliphatic rings. The molecule has 1 fully saturated rings. The van der Waals surface area contributed by atoms with Crippen molar-refractivity contribution in [1.82, 2.24) is 9.88 Å². The number of rotatable bonds is 4. The third-order valence-electron chi connectivity index (χ3n) is 3.97. The zero-order valence-corrected chi connectivity index (χ0v) is 12.7. The summed E-state index contributed by atoms with van der Waals surface area (Å²) >= 11 is 3.48. The van der Waals surface area contributed by atoms with Crippen molar-refractivity contribution in [1.29, 1.82) is 0 Å². The molecule has 100 valence electrons. The summed E-state index contributed by atoms with van der Waals surface area (Å²) in [7, 11) is 0. The van der Waals surface area contributed by atoms with Gasteiger partial charge in [-0.1, -0.05) is 13.8 Å². The van der Waals surface area contributed by atoms with Gasteiger partial charge in [-0.2, -0.15) is 0 Å². The van der Waals surface area contributed by atoms with Crippen LogP contribution in [-0.2, 0) is 0 Å². The molecule has 0 amide bonds. The highest BCUT2D eigenvalue weighted by molar-refractivity contribution is 9.10. The SMILES string of the molecule is CC(C)C1CCN(C(CN)c2cncc(Br)c2)C1. The van der Waals surface area contributed by atoms with Gasteiger partial charge in [-0.25, -0.2) is 0 Å². The first-order chi connectivity index (χ1) is 8.61. The van der Waals surface area contributed by atoms with Crippen molar-refractivity contribution >= 4 is 15.9 Å². The zero-order valence-electron chi connectivity index (χ0n) is 11.1. The van der Waals surface area contributed by atoms with Gasteiger partial charge < -0.3 is 5.73 Å². The van der Waals surface area contributed by atoms with Crippen molar-refractivity contribution in [2.75, 3.05) is 19.6 Å². The Morgan fingerprint density at radius 3 is 2.83 bits per heavy atom. The Bertz CT molecular complexity index is 394. The topological polar surface area (TPSA) is 42.1 Å². The van der Waals surface area contributed by atoms with E-state index in [0.29, 0.717) is 12.6 Å². The molecule has 1 aromatic rings. The predicted molar refractivity (Wildman–Crippen MR) is 78.3 cm³/mol. The summed E-state index contributed by atoms with van der Waals surface area (Å²) in [6.45, 7) is 7.59. The highest BCUT2D eigenvalue weighted by atomic mass is 79.9. The van der Waals surface area contributed by atoms with Crippen LogP contribution in [0.25, 0.3) is 0 Å². The first-order valence-electron chi connectivity index (χ1n) is 6.66. The lowest BCUT2D eigenvalue weighted by atomic mass is 9.95. The van der Waals surface area contributed by atoms with Crippen molar-refractivity contribution in [3.8, 4) is 0 Å². The molecule has 2 heterocycles. The molecule has 0 bridgehead atoms. The minimum Gasteiger partial charge on any atom is -0.329 e. The average Bonchev–Trinajstić information content (AvgIpc) is 2.80. The molecule has 0 radical (unpaired) electrons. The molecule has 3 nitrogen and oxygen atoms in total. The molecule has 2 atom stereocenters. The number of hydrogen-bond donors (Lipinski definition) is 1. The maximum Gasteiger partial charge on any atom is 0.0486 e. The maximum absolute atomic E-state index is 5.97. The number of likely N-dealkylation sites (tertiary alicyclic amines) is 1. The number of hydrogen-bond acceptors (Lipinski definition) is 3. The van der Waals surface area contributed by atoms with Crippen LogP contribution in [-0.4, -0.2) is 29.5 Å².